The lowest BCUT2D eigenvalue weighted by atomic mass is 10.3. The van der Waals surface area contributed by atoms with Crippen LogP contribution in [0.4, 0.5) is 11.6 Å². The molecule has 6 heteroatoms. The largest absolute Gasteiger partial charge is 0.368 e. The van der Waals surface area contributed by atoms with Crippen LogP contribution in [0.25, 0.3) is 0 Å². The summed E-state index contributed by atoms with van der Waals surface area (Å²) < 4.78 is 0. The maximum Gasteiger partial charge on any atom is 0.234 e. The van der Waals surface area contributed by atoms with Crippen molar-refractivity contribution in [2.24, 2.45) is 0 Å². The summed E-state index contributed by atoms with van der Waals surface area (Å²) in [5, 5.41) is 3.51. The second kappa shape index (κ2) is 6.19. The van der Waals surface area contributed by atoms with E-state index in [1.807, 2.05) is 37.3 Å². The first-order valence-corrected chi connectivity index (χ1v) is 6.71. The van der Waals surface area contributed by atoms with Crippen LogP contribution in [0.2, 0.25) is 0 Å². The number of nitrogen functional groups attached to an aromatic ring is 1. The number of nitrogens with two attached hydrogens (primary N) is 1. The second-order valence-electron chi connectivity index (χ2n) is 3.91. The molecule has 0 spiro atoms. The van der Waals surface area contributed by atoms with Crippen molar-refractivity contribution in [1.82, 2.24) is 9.97 Å². The van der Waals surface area contributed by atoms with Gasteiger partial charge in [0.1, 0.15) is 5.03 Å². The average Bonchev–Trinajstić information content (AvgIpc) is 2.36. The number of carbonyl (C=O) groups excluding carboxylic acids is 1. The molecule has 0 aliphatic carbocycles. The van der Waals surface area contributed by atoms with E-state index < -0.39 is 0 Å². The minimum atomic E-state index is -0.0777. The molecule has 1 aromatic heterocycles. The van der Waals surface area contributed by atoms with Crippen molar-refractivity contribution in [2.75, 3.05) is 16.8 Å². The van der Waals surface area contributed by atoms with Gasteiger partial charge in [0, 0.05) is 11.4 Å². The quantitative estimate of drug-likeness (QED) is 0.659. The van der Waals surface area contributed by atoms with Gasteiger partial charge in [-0.15, -0.1) is 0 Å². The first-order chi connectivity index (χ1) is 9.13. The highest BCUT2D eigenvalue weighted by Gasteiger charge is 2.05. The Hall–Kier alpha value is -2.08. The van der Waals surface area contributed by atoms with Gasteiger partial charge in [0.2, 0.25) is 11.9 Å². The van der Waals surface area contributed by atoms with Crippen molar-refractivity contribution in [3.8, 4) is 0 Å². The molecule has 0 aliphatic rings. The highest BCUT2D eigenvalue weighted by atomic mass is 32.2. The molecule has 19 heavy (non-hydrogen) atoms. The molecule has 3 N–H and O–H groups in total. The summed E-state index contributed by atoms with van der Waals surface area (Å²) in [5.74, 6) is 0.433. The Morgan fingerprint density at radius 1 is 1.32 bits per heavy atom. The minimum absolute atomic E-state index is 0.0777. The molecule has 1 aromatic carbocycles. The van der Waals surface area contributed by atoms with Crippen LogP contribution < -0.4 is 11.1 Å². The van der Waals surface area contributed by atoms with Crippen molar-refractivity contribution in [3.05, 3.63) is 42.1 Å². The molecule has 98 valence electrons. The highest BCUT2D eigenvalue weighted by molar-refractivity contribution is 7.99. The standard InChI is InChI=1S/C13H14N4OS/c1-9-7-12(17-13(14)15-9)19-8-11(18)16-10-5-3-2-4-6-10/h2-7H,8H2,1H3,(H,16,18)(H2,14,15,17). The molecule has 1 amide bonds. The van der Waals surface area contributed by atoms with E-state index >= 15 is 0 Å². The zero-order chi connectivity index (χ0) is 13.7. The number of anilines is 2. The third-order valence-electron chi connectivity index (χ3n) is 2.26. The maximum absolute atomic E-state index is 11.7. The summed E-state index contributed by atoms with van der Waals surface area (Å²) in [6, 6.07) is 11.1. The Labute approximate surface area is 115 Å². The van der Waals surface area contributed by atoms with E-state index in [0.717, 1.165) is 11.4 Å². The third-order valence-corrected chi connectivity index (χ3v) is 3.17. The molecule has 0 bridgehead atoms. The van der Waals surface area contributed by atoms with Crippen molar-refractivity contribution in [2.45, 2.75) is 11.9 Å². The van der Waals surface area contributed by atoms with E-state index in [0.29, 0.717) is 5.03 Å². The number of aromatic nitrogens is 2. The summed E-state index contributed by atoms with van der Waals surface area (Å²) in [6.07, 6.45) is 0. The molecule has 2 rings (SSSR count). The molecule has 0 fully saturated rings. The number of thioether (sulfide) groups is 1. The van der Waals surface area contributed by atoms with E-state index in [1.54, 1.807) is 6.07 Å². The smallest absolute Gasteiger partial charge is 0.234 e. The first kappa shape index (κ1) is 13.4. The van der Waals surface area contributed by atoms with Gasteiger partial charge in [0.15, 0.2) is 0 Å². The molecule has 0 aliphatic heterocycles. The predicted octanol–water partition coefficient (Wildman–Crippen LogP) is 2.10. The lowest BCUT2D eigenvalue weighted by Crippen LogP contribution is -2.14. The van der Waals surface area contributed by atoms with Crippen LogP contribution >= 0.6 is 11.8 Å². The number of carbonyl (C=O) groups is 1. The topological polar surface area (TPSA) is 80.9 Å². The maximum atomic E-state index is 11.7. The summed E-state index contributed by atoms with van der Waals surface area (Å²) in [4.78, 5) is 19.8. The molecule has 1 heterocycles. The number of nitrogens with zero attached hydrogens (tertiary/aromatic N) is 2. The van der Waals surface area contributed by atoms with Gasteiger partial charge in [-0.3, -0.25) is 4.79 Å². The van der Waals surface area contributed by atoms with Gasteiger partial charge in [0.25, 0.3) is 0 Å². The first-order valence-electron chi connectivity index (χ1n) is 5.72. The lowest BCUT2D eigenvalue weighted by Gasteiger charge is -2.05. The van der Waals surface area contributed by atoms with Gasteiger partial charge in [-0.1, -0.05) is 30.0 Å². The molecule has 5 nitrogen and oxygen atoms in total. The summed E-state index contributed by atoms with van der Waals surface area (Å²) in [7, 11) is 0. The van der Waals surface area contributed by atoms with Crippen molar-refractivity contribution in [3.63, 3.8) is 0 Å². The van der Waals surface area contributed by atoms with Crippen LogP contribution in [0.3, 0.4) is 0 Å². The number of amides is 1. The number of hydrogen-bond donors (Lipinski definition) is 2. The summed E-state index contributed by atoms with van der Waals surface area (Å²) >= 11 is 1.33. The van der Waals surface area contributed by atoms with Crippen molar-refractivity contribution in [1.29, 1.82) is 0 Å². The van der Waals surface area contributed by atoms with E-state index in [-0.39, 0.29) is 17.6 Å². The third kappa shape index (κ3) is 4.26. The molecule has 0 saturated heterocycles. The Morgan fingerprint density at radius 3 is 2.74 bits per heavy atom. The zero-order valence-electron chi connectivity index (χ0n) is 10.5. The van der Waals surface area contributed by atoms with Crippen LogP contribution in [0.1, 0.15) is 5.69 Å². The highest BCUT2D eigenvalue weighted by Crippen LogP contribution is 2.17. The fourth-order valence-corrected chi connectivity index (χ4v) is 2.26. The van der Waals surface area contributed by atoms with E-state index in [4.69, 9.17) is 5.73 Å². The van der Waals surface area contributed by atoms with Crippen LogP contribution in [0, 0.1) is 6.92 Å². The Bertz CT molecular complexity index is 554. The number of hydrogen-bond acceptors (Lipinski definition) is 5. The number of para-hydroxylation sites is 1. The number of aryl methyl sites for hydroxylation is 1. The molecular weight excluding hydrogens is 260 g/mol. The van der Waals surface area contributed by atoms with Crippen LogP contribution in [0.5, 0.6) is 0 Å². The van der Waals surface area contributed by atoms with E-state index in [1.165, 1.54) is 11.8 Å². The molecule has 0 radical (unpaired) electrons. The fraction of sp³-hybridized carbons (Fsp3) is 0.154. The Balaban J connectivity index is 1.90. The SMILES string of the molecule is Cc1cc(SCC(=O)Nc2ccccc2)nc(N)n1. The van der Waals surface area contributed by atoms with E-state index in [2.05, 4.69) is 15.3 Å². The predicted molar refractivity (Wildman–Crippen MR) is 77.0 cm³/mol. The van der Waals surface area contributed by atoms with Gasteiger partial charge in [0.05, 0.1) is 5.75 Å². The van der Waals surface area contributed by atoms with Crippen molar-refractivity contribution < 1.29 is 4.79 Å². The Kier molecular flexibility index (Phi) is 4.35. The normalized spacial score (nSPS) is 10.2. The second-order valence-corrected chi connectivity index (χ2v) is 4.90. The molecule has 0 atom stereocenters. The van der Waals surface area contributed by atoms with Gasteiger partial charge in [-0.25, -0.2) is 9.97 Å². The van der Waals surface area contributed by atoms with Gasteiger partial charge >= 0.3 is 0 Å². The van der Waals surface area contributed by atoms with Gasteiger partial charge < -0.3 is 11.1 Å². The van der Waals surface area contributed by atoms with Crippen LogP contribution in [-0.2, 0) is 4.79 Å². The minimum Gasteiger partial charge on any atom is -0.368 e. The van der Waals surface area contributed by atoms with E-state index in [9.17, 15) is 4.79 Å². The van der Waals surface area contributed by atoms with Crippen LogP contribution in [-0.4, -0.2) is 21.6 Å². The Morgan fingerprint density at radius 2 is 2.05 bits per heavy atom. The summed E-state index contributed by atoms with van der Waals surface area (Å²) in [5.41, 5.74) is 7.13. The average molecular weight is 274 g/mol. The van der Waals surface area contributed by atoms with Gasteiger partial charge in [-0.05, 0) is 25.1 Å². The zero-order valence-corrected chi connectivity index (χ0v) is 11.3. The van der Waals surface area contributed by atoms with Gasteiger partial charge in [-0.2, -0.15) is 0 Å². The fourth-order valence-electron chi connectivity index (χ4n) is 1.49. The molecule has 0 saturated carbocycles. The molecule has 0 unspecified atom stereocenters. The monoisotopic (exact) mass is 274 g/mol. The lowest BCUT2D eigenvalue weighted by molar-refractivity contribution is -0.113. The number of benzene rings is 1. The molecule has 2 aromatic rings. The molecular formula is C13H14N4OS. The van der Waals surface area contributed by atoms with Crippen molar-refractivity contribution >= 4 is 29.3 Å². The number of rotatable bonds is 4. The summed E-state index contributed by atoms with van der Waals surface area (Å²) in [6.45, 7) is 1.84. The van der Waals surface area contributed by atoms with Crippen LogP contribution in [0.15, 0.2) is 41.4 Å². The number of nitrogens with one attached hydrogen (secondary N) is 1.